The van der Waals surface area contributed by atoms with E-state index >= 15 is 8.78 Å². The number of halogens is 2. The maximum Gasteiger partial charge on any atom is 0.412 e. The minimum Gasteiger partial charge on any atom is -0.461 e. The van der Waals surface area contributed by atoms with Gasteiger partial charge in [0.15, 0.2) is 5.69 Å². The summed E-state index contributed by atoms with van der Waals surface area (Å²) in [5.74, 6) is -2.78. The number of nitrogens with one attached hydrogen (secondary N) is 1. The third-order valence-electron chi connectivity index (χ3n) is 4.82. The van der Waals surface area contributed by atoms with Gasteiger partial charge in [-0.15, -0.1) is 0 Å². The summed E-state index contributed by atoms with van der Waals surface area (Å²) >= 11 is 0.704. The molecule has 2 N–H and O–H groups in total. The van der Waals surface area contributed by atoms with Gasteiger partial charge in [0, 0.05) is 26.1 Å². The zero-order chi connectivity index (χ0) is 24.4. The molecule has 180 valence electrons. The van der Waals surface area contributed by atoms with Crippen LogP contribution in [0.2, 0.25) is 0 Å². The number of ether oxygens (including phenoxy) is 3. The Bertz CT molecular complexity index is 1020. The molecule has 0 atom stereocenters. The predicted molar refractivity (Wildman–Crippen MR) is 117 cm³/mol. The number of esters is 1. The van der Waals surface area contributed by atoms with Gasteiger partial charge in [-0.25, -0.2) is 23.4 Å². The van der Waals surface area contributed by atoms with Crippen molar-refractivity contribution >= 4 is 28.4 Å². The van der Waals surface area contributed by atoms with Crippen LogP contribution in [0.1, 0.15) is 56.6 Å². The standard InChI is InChI=1S/C22H26F2N2O6S/c1-5-31-19(27)16-18(26-20(28)32-21(2,3)4)33-17(25-16)15-13(23)10-12(11-14(15)24)22(29)6-8-30-9-7-22/h10-11,29H,5-9H2,1-4H3,(H,26,28). The van der Waals surface area contributed by atoms with Crippen molar-refractivity contribution in [2.24, 2.45) is 0 Å². The maximum atomic E-state index is 15.1. The Morgan fingerprint density at radius 3 is 2.39 bits per heavy atom. The summed E-state index contributed by atoms with van der Waals surface area (Å²) in [6, 6.07) is 2.10. The summed E-state index contributed by atoms with van der Waals surface area (Å²) in [7, 11) is 0. The highest BCUT2D eigenvalue weighted by Crippen LogP contribution is 2.39. The summed E-state index contributed by atoms with van der Waals surface area (Å²) in [6.45, 7) is 7.16. The first-order valence-electron chi connectivity index (χ1n) is 10.4. The molecule has 0 spiro atoms. The van der Waals surface area contributed by atoms with Crippen molar-refractivity contribution in [3.05, 3.63) is 35.0 Å². The number of nitrogens with zero attached hydrogens (tertiary/aromatic N) is 1. The molecule has 0 unspecified atom stereocenters. The highest BCUT2D eigenvalue weighted by Gasteiger charge is 2.34. The van der Waals surface area contributed by atoms with E-state index in [1.807, 2.05) is 0 Å². The second-order valence-electron chi connectivity index (χ2n) is 8.50. The summed E-state index contributed by atoms with van der Waals surface area (Å²) in [5, 5.41) is 12.9. The number of carbonyl (C=O) groups is 2. The molecule has 0 radical (unpaired) electrons. The molecule has 1 amide bonds. The number of aliphatic hydroxyl groups is 1. The summed E-state index contributed by atoms with van der Waals surface area (Å²) in [6.07, 6.45) is -0.444. The van der Waals surface area contributed by atoms with Crippen LogP contribution >= 0.6 is 11.3 Å². The van der Waals surface area contributed by atoms with Crippen molar-refractivity contribution in [1.29, 1.82) is 0 Å². The van der Waals surface area contributed by atoms with Crippen LogP contribution in [0.5, 0.6) is 0 Å². The van der Waals surface area contributed by atoms with Gasteiger partial charge in [0.2, 0.25) is 0 Å². The van der Waals surface area contributed by atoms with E-state index in [9.17, 15) is 14.7 Å². The van der Waals surface area contributed by atoms with Gasteiger partial charge in [-0.2, -0.15) is 0 Å². The van der Waals surface area contributed by atoms with Gasteiger partial charge in [0.05, 0.1) is 17.8 Å². The molecule has 1 aromatic heterocycles. The molecule has 11 heteroatoms. The zero-order valence-electron chi connectivity index (χ0n) is 18.8. The lowest BCUT2D eigenvalue weighted by molar-refractivity contribution is -0.0682. The molecule has 0 saturated carbocycles. The lowest BCUT2D eigenvalue weighted by Crippen LogP contribution is -2.33. The Labute approximate surface area is 193 Å². The molecule has 1 saturated heterocycles. The quantitative estimate of drug-likeness (QED) is 0.597. The van der Waals surface area contributed by atoms with E-state index in [0.717, 1.165) is 12.1 Å². The first kappa shape index (κ1) is 25.0. The van der Waals surface area contributed by atoms with Crippen LogP contribution in [0.4, 0.5) is 18.6 Å². The highest BCUT2D eigenvalue weighted by atomic mass is 32.1. The Hall–Kier alpha value is -2.63. The zero-order valence-corrected chi connectivity index (χ0v) is 19.6. The third-order valence-corrected chi connectivity index (χ3v) is 5.81. The van der Waals surface area contributed by atoms with Gasteiger partial charge in [0.25, 0.3) is 0 Å². The van der Waals surface area contributed by atoms with Gasteiger partial charge >= 0.3 is 12.1 Å². The van der Waals surface area contributed by atoms with E-state index in [1.54, 1.807) is 27.7 Å². The van der Waals surface area contributed by atoms with Gasteiger partial charge in [0.1, 0.15) is 27.2 Å². The van der Waals surface area contributed by atoms with E-state index in [0.29, 0.717) is 11.3 Å². The number of hydrogen-bond acceptors (Lipinski definition) is 8. The number of carbonyl (C=O) groups excluding carboxylic acids is 2. The molecule has 1 aromatic carbocycles. The van der Waals surface area contributed by atoms with Crippen molar-refractivity contribution < 1.29 is 37.7 Å². The summed E-state index contributed by atoms with van der Waals surface area (Å²) in [4.78, 5) is 28.6. The highest BCUT2D eigenvalue weighted by molar-refractivity contribution is 7.19. The van der Waals surface area contributed by atoms with Crippen LogP contribution in [-0.2, 0) is 19.8 Å². The minimum absolute atomic E-state index is 0.0390. The third kappa shape index (κ3) is 5.84. The second kappa shape index (κ2) is 9.70. The molecule has 8 nitrogen and oxygen atoms in total. The van der Waals surface area contributed by atoms with Crippen LogP contribution in [0, 0.1) is 11.6 Å². The van der Waals surface area contributed by atoms with Crippen LogP contribution in [0.15, 0.2) is 12.1 Å². The Morgan fingerprint density at radius 1 is 1.24 bits per heavy atom. The van der Waals surface area contributed by atoms with Gasteiger partial charge in [-0.05, 0) is 45.4 Å². The minimum atomic E-state index is -1.40. The lowest BCUT2D eigenvalue weighted by atomic mass is 9.86. The first-order valence-corrected chi connectivity index (χ1v) is 11.2. The monoisotopic (exact) mass is 484 g/mol. The number of aromatic nitrogens is 1. The smallest absolute Gasteiger partial charge is 0.412 e. The van der Waals surface area contributed by atoms with Crippen molar-refractivity contribution in [3.63, 3.8) is 0 Å². The molecule has 2 heterocycles. The van der Waals surface area contributed by atoms with E-state index in [4.69, 9.17) is 14.2 Å². The number of hydrogen-bond donors (Lipinski definition) is 2. The maximum absolute atomic E-state index is 15.1. The van der Waals surface area contributed by atoms with E-state index < -0.39 is 40.5 Å². The normalized spacial score (nSPS) is 15.7. The van der Waals surface area contributed by atoms with Gasteiger partial charge in [-0.1, -0.05) is 11.3 Å². The largest absolute Gasteiger partial charge is 0.461 e. The molecule has 1 fully saturated rings. The Kier molecular flexibility index (Phi) is 7.35. The van der Waals surface area contributed by atoms with Crippen molar-refractivity contribution in [2.45, 2.75) is 51.7 Å². The van der Waals surface area contributed by atoms with Crippen LogP contribution in [0.3, 0.4) is 0 Å². The average Bonchev–Trinajstić information content (AvgIpc) is 3.09. The summed E-state index contributed by atoms with van der Waals surface area (Å²) < 4.78 is 45.5. The SMILES string of the molecule is CCOC(=O)c1nc(-c2c(F)cc(C3(O)CCOCC3)cc2F)sc1NC(=O)OC(C)(C)C. The van der Waals surface area contributed by atoms with Crippen LogP contribution in [-0.4, -0.2) is 47.6 Å². The van der Waals surface area contributed by atoms with Crippen LogP contribution < -0.4 is 5.32 Å². The predicted octanol–water partition coefficient (Wildman–Crippen LogP) is 4.61. The van der Waals surface area contributed by atoms with Crippen molar-refractivity contribution in [1.82, 2.24) is 4.98 Å². The number of amides is 1. The first-order chi connectivity index (χ1) is 15.4. The number of anilines is 1. The molecular formula is C22H26F2N2O6S. The molecule has 0 aliphatic carbocycles. The number of rotatable bonds is 5. The van der Waals surface area contributed by atoms with Crippen LogP contribution in [0.25, 0.3) is 10.6 Å². The van der Waals surface area contributed by atoms with Crippen molar-refractivity contribution in [2.75, 3.05) is 25.1 Å². The average molecular weight is 485 g/mol. The van der Waals surface area contributed by atoms with Crippen molar-refractivity contribution in [3.8, 4) is 10.6 Å². The fourth-order valence-corrected chi connectivity index (χ4v) is 4.28. The van der Waals surface area contributed by atoms with Gasteiger partial charge < -0.3 is 19.3 Å². The summed E-state index contributed by atoms with van der Waals surface area (Å²) in [5.41, 5.74) is -2.89. The number of thiazole rings is 1. The van der Waals surface area contributed by atoms with E-state index in [1.165, 1.54) is 0 Å². The Morgan fingerprint density at radius 2 is 1.85 bits per heavy atom. The van der Waals surface area contributed by atoms with E-state index in [-0.39, 0.29) is 53.9 Å². The lowest BCUT2D eigenvalue weighted by Gasteiger charge is -2.32. The molecule has 1 aliphatic rings. The van der Waals surface area contributed by atoms with E-state index in [2.05, 4.69) is 10.3 Å². The molecular weight excluding hydrogens is 458 g/mol. The fourth-order valence-electron chi connectivity index (χ4n) is 3.29. The molecule has 1 aliphatic heterocycles. The molecule has 33 heavy (non-hydrogen) atoms. The molecule has 0 bridgehead atoms. The van der Waals surface area contributed by atoms with Gasteiger partial charge in [-0.3, -0.25) is 5.32 Å². The number of benzene rings is 1. The Balaban J connectivity index is 2.00. The molecule has 3 rings (SSSR count). The topological polar surface area (TPSA) is 107 Å². The second-order valence-corrected chi connectivity index (χ2v) is 9.50. The molecule has 2 aromatic rings. The fraction of sp³-hybridized carbons (Fsp3) is 0.500.